The lowest BCUT2D eigenvalue weighted by atomic mass is 10.0. The molecular formula is C21H31N5O4. The zero-order valence-electron chi connectivity index (χ0n) is 18.2. The van der Waals surface area contributed by atoms with E-state index in [-0.39, 0.29) is 18.1 Å². The fourth-order valence-corrected chi connectivity index (χ4v) is 3.41. The van der Waals surface area contributed by atoms with Crippen molar-refractivity contribution in [1.29, 1.82) is 0 Å². The number of likely N-dealkylation sites (tertiary alicyclic amines) is 1. The Labute approximate surface area is 177 Å². The SMILES string of the molecule is CCCOc1cc(CN2CCC(Nc3nc(OC)nc(OC)n3)CC2)ccc1OC. The Hall–Kier alpha value is -2.81. The molecule has 1 fully saturated rings. The highest BCUT2D eigenvalue weighted by Gasteiger charge is 2.21. The topological polar surface area (TPSA) is 90.9 Å². The van der Waals surface area contributed by atoms with Crippen LogP contribution in [-0.2, 0) is 6.54 Å². The van der Waals surface area contributed by atoms with Gasteiger partial charge in [-0.15, -0.1) is 4.98 Å². The fourth-order valence-electron chi connectivity index (χ4n) is 3.41. The van der Waals surface area contributed by atoms with Crippen LogP contribution in [0.15, 0.2) is 18.2 Å². The summed E-state index contributed by atoms with van der Waals surface area (Å²) in [6.07, 6.45) is 2.95. The molecule has 1 aromatic carbocycles. The number of nitrogens with zero attached hydrogens (tertiary/aromatic N) is 4. The van der Waals surface area contributed by atoms with E-state index in [1.54, 1.807) is 7.11 Å². The zero-order chi connectivity index (χ0) is 21.3. The van der Waals surface area contributed by atoms with Crippen molar-refractivity contribution < 1.29 is 18.9 Å². The molecule has 2 aromatic rings. The molecule has 1 saturated heterocycles. The van der Waals surface area contributed by atoms with Crippen LogP contribution in [-0.4, -0.2) is 66.9 Å². The smallest absolute Gasteiger partial charge is 0.324 e. The largest absolute Gasteiger partial charge is 0.493 e. The maximum atomic E-state index is 5.84. The third kappa shape index (κ3) is 5.85. The van der Waals surface area contributed by atoms with Gasteiger partial charge in [-0.25, -0.2) is 0 Å². The van der Waals surface area contributed by atoms with Gasteiger partial charge in [0.15, 0.2) is 11.5 Å². The Morgan fingerprint density at radius 2 is 1.67 bits per heavy atom. The second-order valence-corrected chi connectivity index (χ2v) is 7.16. The summed E-state index contributed by atoms with van der Waals surface area (Å²) < 4.78 is 21.5. The first-order valence-electron chi connectivity index (χ1n) is 10.3. The molecule has 0 bridgehead atoms. The van der Waals surface area contributed by atoms with E-state index in [2.05, 4.69) is 44.2 Å². The van der Waals surface area contributed by atoms with Crippen LogP contribution in [0.3, 0.4) is 0 Å². The Balaban J connectivity index is 1.55. The van der Waals surface area contributed by atoms with Crippen LogP contribution in [0.2, 0.25) is 0 Å². The molecule has 9 heteroatoms. The van der Waals surface area contributed by atoms with Crippen LogP contribution in [0.1, 0.15) is 31.7 Å². The van der Waals surface area contributed by atoms with Gasteiger partial charge >= 0.3 is 12.0 Å². The average molecular weight is 418 g/mol. The number of piperidine rings is 1. The van der Waals surface area contributed by atoms with Crippen LogP contribution in [0, 0.1) is 0 Å². The molecule has 0 spiro atoms. The molecule has 1 aliphatic heterocycles. The monoisotopic (exact) mass is 417 g/mol. The van der Waals surface area contributed by atoms with E-state index < -0.39 is 0 Å². The summed E-state index contributed by atoms with van der Waals surface area (Å²) in [6, 6.07) is 6.94. The van der Waals surface area contributed by atoms with Gasteiger partial charge in [0.05, 0.1) is 27.9 Å². The molecule has 30 heavy (non-hydrogen) atoms. The molecule has 164 valence electrons. The van der Waals surface area contributed by atoms with Gasteiger partial charge in [0.2, 0.25) is 5.95 Å². The quantitative estimate of drug-likeness (QED) is 0.626. The molecule has 2 heterocycles. The molecule has 1 N–H and O–H groups in total. The number of methoxy groups -OCH3 is 3. The highest BCUT2D eigenvalue weighted by atomic mass is 16.5. The van der Waals surface area contributed by atoms with E-state index in [1.807, 2.05) is 6.07 Å². The summed E-state index contributed by atoms with van der Waals surface area (Å²) in [5.41, 5.74) is 1.22. The number of rotatable bonds is 10. The third-order valence-electron chi connectivity index (χ3n) is 4.98. The van der Waals surface area contributed by atoms with Crippen molar-refractivity contribution in [2.75, 3.05) is 46.3 Å². The van der Waals surface area contributed by atoms with Crippen LogP contribution >= 0.6 is 0 Å². The molecule has 9 nitrogen and oxygen atoms in total. The van der Waals surface area contributed by atoms with Crippen LogP contribution in [0.5, 0.6) is 23.5 Å². The van der Waals surface area contributed by atoms with E-state index in [9.17, 15) is 0 Å². The molecular weight excluding hydrogens is 386 g/mol. The Bertz CT molecular complexity index is 790. The summed E-state index contributed by atoms with van der Waals surface area (Å²) in [4.78, 5) is 15.0. The summed E-state index contributed by atoms with van der Waals surface area (Å²) in [6.45, 7) is 5.62. The maximum Gasteiger partial charge on any atom is 0.324 e. The van der Waals surface area contributed by atoms with Gasteiger partial charge in [0, 0.05) is 25.7 Å². The zero-order valence-corrected chi connectivity index (χ0v) is 18.2. The first kappa shape index (κ1) is 21.9. The van der Waals surface area contributed by atoms with Gasteiger partial charge in [-0.1, -0.05) is 13.0 Å². The number of anilines is 1. The Morgan fingerprint density at radius 3 is 2.27 bits per heavy atom. The molecule has 0 radical (unpaired) electrons. The minimum atomic E-state index is 0.238. The van der Waals surface area contributed by atoms with Crippen molar-refractivity contribution in [3.8, 4) is 23.5 Å². The first-order chi connectivity index (χ1) is 14.6. The van der Waals surface area contributed by atoms with Crippen LogP contribution in [0.4, 0.5) is 5.95 Å². The van der Waals surface area contributed by atoms with Crippen LogP contribution < -0.4 is 24.3 Å². The van der Waals surface area contributed by atoms with E-state index in [1.165, 1.54) is 19.8 Å². The standard InChI is InChI=1S/C21H31N5O4/c1-5-12-30-18-13-15(6-7-17(18)27-2)14-26-10-8-16(9-11-26)22-19-23-20(28-3)25-21(24-19)29-4/h6-7,13,16H,5,8-12,14H2,1-4H3,(H,22,23,24,25). The number of nitrogens with one attached hydrogen (secondary N) is 1. The van der Waals surface area contributed by atoms with Gasteiger partial charge < -0.3 is 24.3 Å². The normalized spacial score (nSPS) is 14.9. The van der Waals surface area contributed by atoms with Gasteiger partial charge in [0.25, 0.3) is 0 Å². The van der Waals surface area contributed by atoms with E-state index in [4.69, 9.17) is 18.9 Å². The number of hydrogen-bond donors (Lipinski definition) is 1. The number of hydrogen-bond acceptors (Lipinski definition) is 9. The predicted octanol–water partition coefficient (Wildman–Crippen LogP) is 2.76. The molecule has 0 unspecified atom stereocenters. The molecule has 3 rings (SSSR count). The summed E-state index contributed by atoms with van der Waals surface area (Å²) >= 11 is 0. The van der Waals surface area contributed by atoms with Crippen LogP contribution in [0.25, 0.3) is 0 Å². The van der Waals surface area contributed by atoms with E-state index in [0.717, 1.165) is 50.4 Å². The minimum absolute atomic E-state index is 0.238. The summed E-state index contributed by atoms with van der Waals surface area (Å²) in [5, 5.41) is 3.38. The molecule has 1 aliphatic rings. The van der Waals surface area contributed by atoms with Gasteiger partial charge in [-0.05, 0) is 37.0 Å². The second-order valence-electron chi connectivity index (χ2n) is 7.16. The minimum Gasteiger partial charge on any atom is -0.493 e. The van der Waals surface area contributed by atoms with Crippen molar-refractivity contribution >= 4 is 5.95 Å². The van der Waals surface area contributed by atoms with Gasteiger partial charge in [0.1, 0.15) is 0 Å². The van der Waals surface area contributed by atoms with E-state index in [0.29, 0.717) is 12.6 Å². The molecule has 0 saturated carbocycles. The van der Waals surface area contributed by atoms with E-state index >= 15 is 0 Å². The van der Waals surface area contributed by atoms with Gasteiger partial charge in [-0.2, -0.15) is 9.97 Å². The molecule has 0 amide bonds. The lowest BCUT2D eigenvalue weighted by Crippen LogP contribution is -2.39. The van der Waals surface area contributed by atoms with Crippen molar-refractivity contribution in [2.24, 2.45) is 0 Å². The summed E-state index contributed by atoms with van der Waals surface area (Å²) in [7, 11) is 4.72. The molecule has 0 atom stereocenters. The third-order valence-corrected chi connectivity index (χ3v) is 4.98. The second kappa shape index (κ2) is 10.8. The van der Waals surface area contributed by atoms with Gasteiger partial charge in [-0.3, -0.25) is 4.90 Å². The average Bonchev–Trinajstić information content (AvgIpc) is 2.78. The van der Waals surface area contributed by atoms with Crippen molar-refractivity contribution in [1.82, 2.24) is 19.9 Å². The Kier molecular flexibility index (Phi) is 7.89. The lowest BCUT2D eigenvalue weighted by Gasteiger charge is -2.32. The highest BCUT2D eigenvalue weighted by Crippen LogP contribution is 2.29. The van der Waals surface area contributed by atoms with Crippen molar-refractivity contribution in [2.45, 2.75) is 38.8 Å². The number of aromatic nitrogens is 3. The molecule has 1 aromatic heterocycles. The fraction of sp³-hybridized carbons (Fsp3) is 0.571. The summed E-state index contributed by atoms with van der Waals surface area (Å²) in [5.74, 6) is 2.06. The number of benzene rings is 1. The van der Waals surface area contributed by atoms with Crippen molar-refractivity contribution in [3.63, 3.8) is 0 Å². The highest BCUT2D eigenvalue weighted by molar-refractivity contribution is 5.43. The lowest BCUT2D eigenvalue weighted by molar-refractivity contribution is 0.210. The molecule has 0 aliphatic carbocycles. The Morgan fingerprint density at radius 1 is 0.967 bits per heavy atom. The first-order valence-corrected chi connectivity index (χ1v) is 10.3. The predicted molar refractivity (Wildman–Crippen MR) is 114 cm³/mol. The van der Waals surface area contributed by atoms with Crippen molar-refractivity contribution in [3.05, 3.63) is 23.8 Å². The maximum absolute atomic E-state index is 5.84. The number of ether oxygens (including phenoxy) is 4.